The van der Waals surface area contributed by atoms with E-state index in [1.54, 1.807) is 24.3 Å². The molecule has 0 atom stereocenters. The Kier molecular flexibility index (Phi) is 5.74. The molecule has 3 aromatic rings. The van der Waals surface area contributed by atoms with Crippen LogP contribution in [0, 0.1) is 11.6 Å². The predicted octanol–water partition coefficient (Wildman–Crippen LogP) is 4.97. The molecule has 0 fully saturated rings. The highest BCUT2D eigenvalue weighted by Gasteiger charge is 2.24. The first-order chi connectivity index (χ1) is 14.0. The summed E-state index contributed by atoms with van der Waals surface area (Å²) in [6.45, 7) is 4.30. The first kappa shape index (κ1) is 21.6. The largest absolute Gasteiger partial charge is 0.386 e. The van der Waals surface area contributed by atoms with Gasteiger partial charge in [-0.3, -0.25) is 9.59 Å². The molecule has 0 bridgehead atoms. The Morgan fingerprint density at radius 3 is 2.10 bits per heavy atom. The van der Waals surface area contributed by atoms with Crippen LogP contribution in [0.25, 0.3) is 10.4 Å². The summed E-state index contributed by atoms with van der Waals surface area (Å²) in [4.78, 5) is 23.5. The van der Waals surface area contributed by atoms with Crippen molar-refractivity contribution < 1.29 is 23.5 Å². The Morgan fingerprint density at radius 2 is 1.63 bits per heavy atom. The van der Waals surface area contributed by atoms with Crippen LogP contribution < -0.4 is 11.1 Å². The van der Waals surface area contributed by atoms with Crippen molar-refractivity contribution in [2.24, 2.45) is 5.73 Å². The molecule has 5 nitrogen and oxygen atoms in total. The van der Waals surface area contributed by atoms with Crippen molar-refractivity contribution in [3.05, 3.63) is 70.8 Å². The van der Waals surface area contributed by atoms with Crippen molar-refractivity contribution in [2.45, 2.75) is 26.4 Å². The van der Waals surface area contributed by atoms with E-state index in [1.165, 1.54) is 26.8 Å². The first-order valence-corrected chi connectivity index (χ1v) is 9.83. The van der Waals surface area contributed by atoms with Crippen molar-refractivity contribution in [1.82, 2.24) is 0 Å². The molecule has 1 aromatic heterocycles. The third-order valence-electron chi connectivity index (χ3n) is 4.54. The molecule has 2 aromatic carbocycles. The summed E-state index contributed by atoms with van der Waals surface area (Å²) in [7, 11) is 0. The normalized spacial score (nSPS) is 11.4. The predicted molar refractivity (Wildman–Crippen MR) is 113 cm³/mol. The number of halogens is 2. The lowest BCUT2D eigenvalue weighted by atomic mass is 9.96. The molecular weight excluding hydrogens is 410 g/mol. The van der Waals surface area contributed by atoms with Gasteiger partial charge in [0.15, 0.2) is 5.78 Å². The van der Waals surface area contributed by atoms with Crippen LogP contribution in [0.2, 0.25) is 0 Å². The molecular formula is C22H20F2N2O3S. The number of hydrogen-bond donors (Lipinski definition) is 3. The van der Waals surface area contributed by atoms with Gasteiger partial charge in [-0.2, -0.15) is 0 Å². The van der Waals surface area contributed by atoms with E-state index in [0.29, 0.717) is 16.3 Å². The Balaban J connectivity index is 2.03. The SMILES string of the molecule is CC(=O)c1ccc(Nc2sc(-c3c(F)cc(C(C)(C)O)cc3F)cc2C(N)=O)cc1. The number of benzene rings is 2. The van der Waals surface area contributed by atoms with Gasteiger partial charge in [-0.25, -0.2) is 8.78 Å². The van der Waals surface area contributed by atoms with Gasteiger partial charge in [0.2, 0.25) is 0 Å². The molecule has 156 valence electrons. The van der Waals surface area contributed by atoms with Gasteiger partial charge >= 0.3 is 0 Å². The van der Waals surface area contributed by atoms with Gasteiger partial charge in [-0.15, -0.1) is 11.3 Å². The van der Waals surface area contributed by atoms with Crippen LogP contribution in [0.1, 0.15) is 47.1 Å². The van der Waals surface area contributed by atoms with E-state index in [-0.39, 0.29) is 27.4 Å². The van der Waals surface area contributed by atoms with Gasteiger partial charge in [0.05, 0.1) is 16.7 Å². The smallest absolute Gasteiger partial charge is 0.251 e. The number of thiophene rings is 1. The van der Waals surface area contributed by atoms with Crippen molar-refractivity contribution in [3.63, 3.8) is 0 Å². The third kappa shape index (κ3) is 4.39. The topological polar surface area (TPSA) is 92.4 Å². The van der Waals surface area contributed by atoms with Crippen LogP contribution in [0.15, 0.2) is 42.5 Å². The highest BCUT2D eigenvalue weighted by atomic mass is 32.1. The van der Waals surface area contributed by atoms with E-state index in [0.717, 1.165) is 23.5 Å². The Labute approximate surface area is 176 Å². The Hall–Kier alpha value is -3.10. The van der Waals surface area contributed by atoms with Crippen LogP contribution >= 0.6 is 11.3 Å². The van der Waals surface area contributed by atoms with E-state index in [9.17, 15) is 23.5 Å². The van der Waals surface area contributed by atoms with Gasteiger partial charge < -0.3 is 16.2 Å². The second kappa shape index (κ2) is 7.97. The molecule has 0 saturated carbocycles. The van der Waals surface area contributed by atoms with Crippen LogP contribution in [-0.2, 0) is 5.60 Å². The molecule has 0 aliphatic rings. The van der Waals surface area contributed by atoms with Gasteiger partial charge in [0.25, 0.3) is 5.91 Å². The number of Topliss-reactive ketones (excluding diaryl/α,β-unsaturated/α-hetero) is 1. The molecule has 8 heteroatoms. The Morgan fingerprint density at radius 1 is 1.07 bits per heavy atom. The third-order valence-corrected chi connectivity index (χ3v) is 5.61. The minimum Gasteiger partial charge on any atom is -0.386 e. The average molecular weight is 430 g/mol. The summed E-state index contributed by atoms with van der Waals surface area (Å²) in [5.41, 5.74) is 5.00. The number of carbonyl (C=O) groups excluding carboxylic acids is 2. The second-order valence-corrected chi connectivity index (χ2v) is 8.40. The number of amides is 1. The van der Waals surface area contributed by atoms with Crippen molar-refractivity contribution in [1.29, 1.82) is 0 Å². The van der Waals surface area contributed by atoms with E-state index in [2.05, 4.69) is 5.32 Å². The van der Waals surface area contributed by atoms with Crippen LogP contribution in [-0.4, -0.2) is 16.8 Å². The average Bonchev–Trinajstić information content (AvgIpc) is 3.04. The van der Waals surface area contributed by atoms with Crippen LogP contribution in [0.3, 0.4) is 0 Å². The maximum absolute atomic E-state index is 14.7. The summed E-state index contributed by atoms with van der Waals surface area (Å²) >= 11 is 0.967. The number of nitrogens with two attached hydrogens (primary N) is 1. The molecule has 0 unspecified atom stereocenters. The van der Waals surface area contributed by atoms with E-state index >= 15 is 0 Å². The highest BCUT2D eigenvalue weighted by Crippen LogP contribution is 2.40. The minimum atomic E-state index is -1.41. The molecule has 4 N–H and O–H groups in total. The number of ketones is 1. The summed E-state index contributed by atoms with van der Waals surface area (Å²) < 4.78 is 29.4. The van der Waals surface area contributed by atoms with Crippen molar-refractivity contribution >= 4 is 33.7 Å². The molecule has 0 aliphatic carbocycles. The zero-order chi connectivity index (χ0) is 22.2. The lowest BCUT2D eigenvalue weighted by Crippen LogP contribution is -2.16. The lowest BCUT2D eigenvalue weighted by Gasteiger charge is -2.18. The van der Waals surface area contributed by atoms with Crippen LogP contribution in [0.4, 0.5) is 19.5 Å². The fourth-order valence-electron chi connectivity index (χ4n) is 2.87. The molecule has 0 saturated heterocycles. The van der Waals surface area contributed by atoms with Gasteiger partial charge in [0, 0.05) is 16.1 Å². The van der Waals surface area contributed by atoms with E-state index < -0.39 is 23.1 Å². The number of aliphatic hydroxyl groups is 1. The minimum absolute atomic E-state index is 0.0796. The van der Waals surface area contributed by atoms with Gasteiger partial charge in [0.1, 0.15) is 16.6 Å². The highest BCUT2D eigenvalue weighted by molar-refractivity contribution is 7.20. The summed E-state index contributed by atoms with van der Waals surface area (Å²) in [5, 5.41) is 13.3. The number of anilines is 2. The van der Waals surface area contributed by atoms with Gasteiger partial charge in [-0.1, -0.05) is 0 Å². The quantitative estimate of drug-likeness (QED) is 0.482. The molecule has 1 heterocycles. The molecule has 0 spiro atoms. The number of rotatable bonds is 6. The van der Waals surface area contributed by atoms with E-state index in [1.807, 2.05) is 0 Å². The zero-order valence-corrected chi connectivity index (χ0v) is 17.4. The maximum atomic E-state index is 14.7. The molecule has 0 radical (unpaired) electrons. The summed E-state index contributed by atoms with van der Waals surface area (Å²) in [6, 6.07) is 10.0. The maximum Gasteiger partial charge on any atom is 0.251 e. The second-order valence-electron chi connectivity index (χ2n) is 7.35. The summed E-state index contributed by atoms with van der Waals surface area (Å²) in [5.74, 6) is -2.56. The van der Waals surface area contributed by atoms with Crippen LogP contribution in [0.5, 0.6) is 0 Å². The number of hydrogen-bond acceptors (Lipinski definition) is 5. The number of primary amides is 1. The fourth-order valence-corrected chi connectivity index (χ4v) is 4.00. The molecule has 30 heavy (non-hydrogen) atoms. The van der Waals surface area contributed by atoms with Crippen molar-refractivity contribution in [3.8, 4) is 10.4 Å². The number of carbonyl (C=O) groups is 2. The Bertz CT molecular complexity index is 1110. The molecule has 0 aliphatic heterocycles. The van der Waals surface area contributed by atoms with Crippen molar-refractivity contribution in [2.75, 3.05) is 5.32 Å². The molecule has 1 amide bonds. The zero-order valence-electron chi connectivity index (χ0n) is 16.5. The van der Waals surface area contributed by atoms with Gasteiger partial charge in [-0.05, 0) is 68.8 Å². The monoisotopic (exact) mass is 430 g/mol. The number of nitrogens with one attached hydrogen (secondary N) is 1. The fraction of sp³-hybridized carbons (Fsp3) is 0.182. The lowest BCUT2D eigenvalue weighted by molar-refractivity contribution is 0.0778. The first-order valence-electron chi connectivity index (χ1n) is 9.01. The van der Waals surface area contributed by atoms with E-state index in [4.69, 9.17) is 5.73 Å². The standard InChI is InChI=1S/C22H20F2N2O3S/c1-11(27)12-4-6-14(7-5-12)26-21-15(20(25)28)10-18(30-21)19-16(23)8-13(9-17(19)24)22(2,3)29/h4-10,26,29H,1-3H3,(H2,25,28). The molecule has 3 rings (SSSR count). The summed E-state index contributed by atoms with van der Waals surface area (Å²) in [6.07, 6.45) is 0.